The molecule has 1 aliphatic rings. The third kappa shape index (κ3) is 1.34. The van der Waals surface area contributed by atoms with Gasteiger partial charge in [0.05, 0.1) is 5.69 Å². The van der Waals surface area contributed by atoms with Gasteiger partial charge in [0.25, 0.3) is 0 Å². The predicted molar refractivity (Wildman–Crippen MR) is 45.8 cm³/mol. The normalized spacial score (nSPS) is 16.5. The summed E-state index contributed by atoms with van der Waals surface area (Å²) in [6.07, 6.45) is 6.51. The van der Waals surface area contributed by atoms with E-state index in [9.17, 15) is 0 Å². The quantitative estimate of drug-likeness (QED) is 0.693. The molecule has 1 fully saturated rings. The molecule has 0 radical (unpaired) electrons. The molecule has 0 saturated heterocycles. The van der Waals surface area contributed by atoms with Crippen LogP contribution in [0.3, 0.4) is 0 Å². The van der Waals surface area contributed by atoms with E-state index in [1.807, 2.05) is 19.4 Å². The Bertz CT molecular complexity index is 253. The molecule has 1 aromatic rings. The molecular formula is C9H12N2. The first-order valence-corrected chi connectivity index (χ1v) is 4.03. The second-order valence-electron chi connectivity index (χ2n) is 3.03. The summed E-state index contributed by atoms with van der Waals surface area (Å²) >= 11 is 0. The van der Waals surface area contributed by atoms with Crippen molar-refractivity contribution >= 4 is 5.69 Å². The Morgan fingerprint density at radius 1 is 1.45 bits per heavy atom. The van der Waals surface area contributed by atoms with E-state index in [2.05, 4.69) is 16.4 Å². The molecule has 0 aromatic carbocycles. The Balaban J connectivity index is 2.26. The molecule has 2 nitrogen and oxygen atoms in total. The summed E-state index contributed by atoms with van der Waals surface area (Å²) < 4.78 is 0. The highest BCUT2D eigenvalue weighted by atomic mass is 14.8. The molecule has 1 aromatic heterocycles. The van der Waals surface area contributed by atoms with Gasteiger partial charge in [-0.25, -0.2) is 0 Å². The van der Waals surface area contributed by atoms with Crippen molar-refractivity contribution in [3.63, 3.8) is 0 Å². The van der Waals surface area contributed by atoms with Gasteiger partial charge in [0, 0.05) is 19.4 Å². The molecule has 1 saturated carbocycles. The van der Waals surface area contributed by atoms with E-state index in [1.54, 1.807) is 0 Å². The maximum Gasteiger partial charge on any atom is 0.0526 e. The third-order valence-electron chi connectivity index (χ3n) is 2.10. The Labute approximate surface area is 66.7 Å². The minimum Gasteiger partial charge on any atom is -0.387 e. The van der Waals surface area contributed by atoms with Gasteiger partial charge in [0.2, 0.25) is 0 Å². The highest BCUT2D eigenvalue weighted by Crippen LogP contribution is 2.40. The van der Waals surface area contributed by atoms with Gasteiger partial charge in [0.15, 0.2) is 0 Å². The van der Waals surface area contributed by atoms with E-state index in [0.29, 0.717) is 0 Å². The number of hydrogen-bond acceptors (Lipinski definition) is 2. The van der Waals surface area contributed by atoms with Crippen molar-refractivity contribution in [3.05, 3.63) is 24.0 Å². The molecule has 1 N–H and O–H groups in total. The topological polar surface area (TPSA) is 24.9 Å². The van der Waals surface area contributed by atoms with Crippen LogP contribution in [0.5, 0.6) is 0 Å². The Morgan fingerprint density at radius 3 is 2.91 bits per heavy atom. The van der Waals surface area contributed by atoms with E-state index in [1.165, 1.54) is 18.4 Å². The minimum atomic E-state index is 0.802. The summed E-state index contributed by atoms with van der Waals surface area (Å²) in [5, 5.41) is 3.09. The first-order valence-electron chi connectivity index (χ1n) is 4.03. The number of pyridine rings is 1. The molecule has 0 unspecified atom stereocenters. The lowest BCUT2D eigenvalue weighted by molar-refractivity contribution is 1.09. The van der Waals surface area contributed by atoms with E-state index in [4.69, 9.17) is 0 Å². The smallest absolute Gasteiger partial charge is 0.0526 e. The van der Waals surface area contributed by atoms with Crippen molar-refractivity contribution in [1.29, 1.82) is 0 Å². The number of anilines is 1. The first kappa shape index (κ1) is 6.65. The van der Waals surface area contributed by atoms with Gasteiger partial charge in [-0.1, -0.05) is 0 Å². The summed E-state index contributed by atoms with van der Waals surface area (Å²) in [5.74, 6) is 0.802. The maximum atomic E-state index is 4.15. The van der Waals surface area contributed by atoms with Gasteiger partial charge in [-0.2, -0.15) is 0 Å². The standard InChI is InChI=1S/C9H12N2/c1-10-9-4-8(5-11-6-9)7-2-3-7/h4-7,10H,2-3H2,1H3. The molecule has 1 aliphatic carbocycles. The molecule has 0 amide bonds. The average molecular weight is 148 g/mol. The summed E-state index contributed by atoms with van der Waals surface area (Å²) in [7, 11) is 1.92. The predicted octanol–water partition coefficient (Wildman–Crippen LogP) is 2.00. The fourth-order valence-electron chi connectivity index (χ4n) is 1.23. The highest BCUT2D eigenvalue weighted by Gasteiger charge is 2.23. The first-order chi connectivity index (χ1) is 5.40. The van der Waals surface area contributed by atoms with Gasteiger partial charge in [-0.3, -0.25) is 4.98 Å². The van der Waals surface area contributed by atoms with E-state index >= 15 is 0 Å². The van der Waals surface area contributed by atoms with Gasteiger partial charge < -0.3 is 5.32 Å². The van der Waals surface area contributed by atoms with Gasteiger partial charge in [-0.05, 0) is 30.4 Å². The molecule has 11 heavy (non-hydrogen) atoms. The second-order valence-corrected chi connectivity index (χ2v) is 3.03. The highest BCUT2D eigenvalue weighted by molar-refractivity contribution is 5.43. The Kier molecular flexibility index (Phi) is 1.53. The second kappa shape index (κ2) is 2.53. The maximum absolute atomic E-state index is 4.15. The van der Waals surface area contributed by atoms with Crippen LogP contribution >= 0.6 is 0 Å². The van der Waals surface area contributed by atoms with Crippen LogP contribution in [0.25, 0.3) is 0 Å². The van der Waals surface area contributed by atoms with Crippen LogP contribution in [-0.2, 0) is 0 Å². The van der Waals surface area contributed by atoms with Gasteiger partial charge >= 0.3 is 0 Å². The number of aromatic nitrogens is 1. The van der Waals surface area contributed by atoms with Crippen LogP contribution in [0.2, 0.25) is 0 Å². The van der Waals surface area contributed by atoms with E-state index < -0.39 is 0 Å². The fourth-order valence-corrected chi connectivity index (χ4v) is 1.23. The minimum absolute atomic E-state index is 0.802. The number of rotatable bonds is 2. The van der Waals surface area contributed by atoms with Crippen molar-refractivity contribution in [3.8, 4) is 0 Å². The van der Waals surface area contributed by atoms with Crippen LogP contribution in [-0.4, -0.2) is 12.0 Å². The summed E-state index contributed by atoms with van der Waals surface area (Å²) in [4.78, 5) is 4.15. The van der Waals surface area contributed by atoms with Gasteiger partial charge in [0.1, 0.15) is 0 Å². The van der Waals surface area contributed by atoms with E-state index in [-0.39, 0.29) is 0 Å². The van der Waals surface area contributed by atoms with Crippen LogP contribution in [0.4, 0.5) is 5.69 Å². The summed E-state index contributed by atoms with van der Waals surface area (Å²) in [6, 6.07) is 2.19. The van der Waals surface area contributed by atoms with Crippen molar-refractivity contribution in [2.45, 2.75) is 18.8 Å². The summed E-state index contributed by atoms with van der Waals surface area (Å²) in [5.41, 5.74) is 2.51. The molecule has 0 aliphatic heterocycles. The van der Waals surface area contributed by atoms with Crippen LogP contribution in [0.1, 0.15) is 24.3 Å². The molecule has 0 spiro atoms. The van der Waals surface area contributed by atoms with Crippen molar-refractivity contribution < 1.29 is 0 Å². The van der Waals surface area contributed by atoms with Crippen LogP contribution < -0.4 is 5.32 Å². The average Bonchev–Trinajstić information content (AvgIpc) is 2.87. The van der Waals surface area contributed by atoms with Crippen LogP contribution in [0, 0.1) is 0 Å². The molecule has 0 bridgehead atoms. The summed E-state index contributed by atoms with van der Waals surface area (Å²) in [6.45, 7) is 0. The third-order valence-corrected chi connectivity index (χ3v) is 2.10. The monoisotopic (exact) mass is 148 g/mol. The SMILES string of the molecule is CNc1cncc(C2CC2)c1. The Morgan fingerprint density at radius 2 is 2.27 bits per heavy atom. The zero-order chi connectivity index (χ0) is 7.68. The lowest BCUT2D eigenvalue weighted by Gasteiger charge is -2.01. The largest absolute Gasteiger partial charge is 0.387 e. The molecule has 1 heterocycles. The van der Waals surface area contributed by atoms with Crippen molar-refractivity contribution in [1.82, 2.24) is 4.98 Å². The number of hydrogen-bond donors (Lipinski definition) is 1. The molecule has 0 atom stereocenters. The fraction of sp³-hybridized carbons (Fsp3) is 0.444. The lowest BCUT2D eigenvalue weighted by atomic mass is 10.2. The molecule has 58 valence electrons. The number of nitrogens with zero attached hydrogens (tertiary/aromatic N) is 1. The Hall–Kier alpha value is -1.05. The lowest BCUT2D eigenvalue weighted by Crippen LogP contribution is -1.90. The zero-order valence-corrected chi connectivity index (χ0v) is 6.67. The van der Waals surface area contributed by atoms with E-state index in [0.717, 1.165) is 11.6 Å². The zero-order valence-electron chi connectivity index (χ0n) is 6.67. The molecule has 2 heteroatoms. The van der Waals surface area contributed by atoms with Crippen molar-refractivity contribution in [2.75, 3.05) is 12.4 Å². The molecule has 2 rings (SSSR count). The van der Waals surface area contributed by atoms with Crippen molar-refractivity contribution in [2.24, 2.45) is 0 Å². The number of nitrogens with one attached hydrogen (secondary N) is 1. The van der Waals surface area contributed by atoms with Gasteiger partial charge in [-0.15, -0.1) is 0 Å². The van der Waals surface area contributed by atoms with Crippen LogP contribution in [0.15, 0.2) is 18.5 Å². The molecular weight excluding hydrogens is 136 g/mol.